The number of nitrogens with zero attached hydrogens (tertiary/aromatic N) is 3. The number of rotatable bonds is 4. The molecular formula is C19H16ClN5O. The van der Waals surface area contributed by atoms with Crippen molar-refractivity contribution in [1.82, 2.24) is 19.5 Å². The maximum atomic E-state index is 12.3. The zero-order valence-corrected chi connectivity index (χ0v) is 14.8. The van der Waals surface area contributed by atoms with Crippen molar-refractivity contribution < 1.29 is 0 Å². The van der Waals surface area contributed by atoms with Gasteiger partial charge in [0.25, 0.3) is 5.56 Å². The summed E-state index contributed by atoms with van der Waals surface area (Å²) in [7, 11) is 0. The Labute approximate surface area is 154 Å². The first kappa shape index (κ1) is 16.4. The zero-order chi connectivity index (χ0) is 18.1. The molecule has 3 aromatic heterocycles. The minimum Gasteiger partial charge on any atom is -0.350 e. The van der Waals surface area contributed by atoms with Gasteiger partial charge >= 0.3 is 0 Å². The second-order valence-corrected chi connectivity index (χ2v) is 6.40. The van der Waals surface area contributed by atoms with Crippen molar-refractivity contribution in [2.24, 2.45) is 0 Å². The van der Waals surface area contributed by atoms with Crippen LogP contribution in [0.25, 0.3) is 16.7 Å². The van der Waals surface area contributed by atoms with Crippen LogP contribution >= 0.6 is 11.6 Å². The molecule has 0 saturated heterocycles. The van der Waals surface area contributed by atoms with Gasteiger partial charge in [0.05, 0.1) is 0 Å². The maximum absolute atomic E-state index is 12.3. The number of hydrogen-bond acceptors (Lipinski definition) is 4. The van der Waals surface area contributed by atoms with Crippen LogP contribution in [0.4, 0.5) is 5.95 Å². The summed E-state index contributed by atoms with van der Waals surface area (Å²) in [5, 5.41) is 4.62. The van der Waals surface area contributed by atoms with Crippen LogP contribution in [0.15, 0.2) is 59.7 Å². The number of nitrogens with one attached hydrogen (secondary N) is 2. The topological polar surface area (TPSA) is 75.6 Å². The third-order valence-electron chi connectivity index (χ3n) is 4.16. The van der Waals surface area contributed by atoms with E-state index in [0.717, 1.165) is 22.4 Å². The van der Waals surface area contributed by atoms with Gasteiger partial charge < -0.3 is 14.9 Å². The third kappa shape index (κ3) is 3.19. The number of H-pyrrole nitrogens is 1. The van der Waals surface area contributed by atoms with Crippen LogP contribution in [0.2, 0.25) is 5.02 Å². The van der Waals surface area contributed by atoms with E-state index in [0.29, 0.717) is 23.1 Å². The van der Waals surface area contributed by atoms with E-state index in [1.165, 1.54) is 0 Å². The van der Waals surface area contributed by atoms with E-state index >= 15 is 0 Å². The Kier molecular flexibility index (Phi) is 4.18. The normalized spacial score (nSPS) is 11.0. The second-order valence-electron chi connectivity index (χ2n) is 5.97. The molecule has 130 valence electrons. The number of fused-ring (bicyclic) bond motifs is 1. The number of aromatic amines is 1. The Hall–Kier alpha value is -3.12. The van der Waals surface area contributed by atoms with Gasteiger partial charge in [0, 0.05) is 46.1 Å². The molecule has 3 heterocycles. The van der Waals surface area contributed by atoms with Gasteiger partial charge in [-0.3, -0.25) is 4.79 Å². The molecule has 4 rings (SSSR count). The molecule has 0 radical (unpaired) electrons. The zero-order valence-electron chi connectivity index (χ0n) is 14.0. The number of benzene rings is 1. The standard InChI is InChI=1S/C19H16ClN5O/c1-12-3-2-8-25(12)17-6-7-21-19(24-17)22-11-14-9-13-10-15(20)4-5-16(13)23-18(14)26/h2-10H,11H2,1H3,(H,23,26)(H,21,22,24). The van der Waals surface area contributed by atoms with E-state index in [1.807, 2.05) is 48.0 Å². The van der Waals surface area contributed by atoms with Crippen LogP contribution in [0.1, 0.15) is 11.3 Å². The first-order valence-corrected chi connectivity index (χ1v) is 8.51. The summed E-state index contributed by atoms with van der Waals surface area (Å²) < 4.78 is 1.97. The fraction of sp³-hybridized carbons (Fsp3) is 0.105. The molecule has 0 saturated carbocycles. The van der Waals surface area contributed by atoms with Crippen LogP contribution in [0, 0.1) is 6.92 Å². The largest absolute Gasteiger partial charge is 0.350 e. The van der Waals surface area contributed by atoms with Gasteiger partial charge in [0.2, 0.25) is 5.95 Å². The smallest absolute Gasteiger partial charge is 0.253 e. The van der Waals surface area contributed by atoms with Gasteiger partial charge in [-0.25, -0.2) is 4.98 Å². The molecule has 0 aliphatic rings. The lowest BCUT2D eigenvalue weighted by molar-refractivity contribution is 0.934. The third-order valence-corrected chi connectivity index (χ3v) is 4.40. The highest BCUT2D eigenvalue weighted by Crippen LogP contribution is 2.17. The van der Waals surface area contributed by atoms with Gasteiger partial charge in [0.1, 0.15) is 5.82 Å². The van der Waals surface area contributed by atoms with E-state index in [4.69, 9.17) is 11.6 Å². The van der Waals surface area contributed by atoms with Crippen molar-refractivity contribution in [3.8, 4) is 5.82 Å². The van der Waals surface area contributed by atoms with Gasteiger partial charge in [-0.2, -0.15) is 4.98 Å². The molecule has 7 heteroatoms. The van der Waals surface area contributed by atoms with E-state index in [2.05, 4.69) is 20.3 Å². The monoisotopic (exact) mass is 365 g/mol. The molecule has 0 unspecified atom stereocenters. The number of hydrogen-bond donors (Lipinski definition) is 2. The van der Waals surface area contributed by atoms with Crippen molar-refractivity contribution in [3.05, 3.63) is 81.5 Å². The predicted molar refractivity (Wildman–Crippen MR) is 103 cm³/mol. The quantitative estimate of drug-likeness (QED) is 0.578. The van der Waals surface area contributed by atoms with Crippen molar-refractivity contribution in [3.63, 3.8) is 0 Å². The Balaban J connectivity index is 1.60. The Morgan fingerprint density at radius 2 is 2.12 bits per heavy atom. The average Bonchev–Trinajstić information content (AvgIpc) is 3.06. The summed E-state index contributed by atoms with van der Waals surface area (Å²) >= 11 is 6.03. The molecule has 0 aliphatic heterocycles. The van der Waals surface area contributed by atoms with Gasteiger partial charge in [-0.1, -0.05) is 11.6 Å². The number of aromatic nitrogens is 4. The fourth-order valence-electron chi connectivity index (χ4n) is 2.82. The SMILES string of the molecule is Cc1cccn1-c1ccnc(NCc2cc3cc(Cl)ccc3[nH]c2=O)n1. The molecule has 0 aliphatic carbocycles. The lowest BCUT2D eigenvalue weighted by Crippen LogP contribution is -2.16. The van der Waals surface area contributed by atoms with Crippen molar-refractivity contribution in [2.45, 2.75) is 13.5 Å². The highest BCUT2D eigenvalue weighted by molar-refractivity contribution is 6.31. The number of anilines is 1. The highest BCUT2D eigenvalue weighted by atomic mass is 35.5. The maximum Gasteiger partial charge on any atom is 0.253 e. The number of pyridine rings is 1. The predicted octanol–water partition coefficient (Wildman–Crippen LogP) is 3.68. The number of halogens is 1. The van der Waals surface area contributed by atoms with Crippen LogP contribution in [-0.4, -0.2) is 19.5 Å². The first-order valence-electron chi connectivity index (χ1n) is 8.13. The minimum absolute atomic E-state index is 0.148. The molecule has 26 heavy (non-hydrogen) atoms. The summed E-state index contributed by atoms with van der Waals surface area (Å²) in [6.45, 7) is 2.32. The van der Waals surface area contributed by atoms with Gasteiger partial charge in [0.15, 0.2) is 0 Å². The van der Waals surface area contributed by atoms with Crippen LogP contribution in [-0.2, 0) is 6.54 Å². The fourth-order valence-corrected chi connectivity index (χ4v) is 3.00. The van der Waals surface area contributed by atoms with Gasteiger partial charge in [-0.15, -0.1) is 0 Å². The molecule has 0 amide bonds. The van der Waals surface area contributed by atoms with E-state index in [1.54, 1.807) is 18.3 Å². The van der Waals surface area contributed by atoms with Crippen LogP contribution < -0.4 is 10.9 Å². The molecule has 0 spiro atoms. The highest BCUT2D eigenvalue weighted by Gasteiger charge is 2.06. The summed E-state index contributed by atoms with van der Waals surface area (Å²) in [5.41, 5.74) is 2.28. The first-order chi connectivity index (χ1) is 12.6. The lowest BCUT2D eigenvalue weighted by Gasteiger charge is -2.09. The summed E-state index contributed by atoms with van der Waals surface area (Å²) in [4.78, 5) is 23.9. The molecule has 2 N–H and O–H groups in total. The second kappa shape index (κ2) is 6.65. The number of aryl methyl sites for hydroxylation is 1. The van der Waals surface area contributed by atoms with E-state index in [-0.39, 0.29) is 5.56 Å². The molecule has 0 bridgehead atoms. The Morgan fingerprint density at radius 1 is 1.23 bits per heavy atom. The van der Waals surface area contributed by atoms with E-state index < -0.39 is 0 Å². The molecule has 6 nitrogen and oxygen atoms in total. The summed E-state index contributed by atoms with van der Waals surface area (Å²) in [6.07, 6.45) is 3.63. The molecule has 1 aromatic carbocycles. The van der Waals surface area contributed by atoms with E-state index in [9.17, 15) is 4.79 Å². The molecular weight excluding hydrogens is 350 g/mol. The molecule has 0 fully saturated rings. The van der Waals surface area contributed by atoms with Crippen molar-refractivity contribution in [1.29, 1.82) is 0 Å². The minimum atomic E-state index is -0.148. The molecule has 4 aromatic rings. The van der Waals surface area contributed by atoms with Crippen LogP contribution in [0.3, 0.4) is 0 Å². The Morgan fingerprint density at radius 3 is 2.92 bits per heavy atom. The molecule has 0 atom stereocenters. The van der Waals surface area contributed by atoms with Crippen molar-refractivity contribution >= 4 is 28.5 Å². The lowest BCUT2D eigenvalue weighted by atomic mass is 10.1. The average molecular weight is 366 g/mol. The van der Waals surface area contributed by atoms with Crippen LogP contribution in [0.5, 0.6) is 0 Å². The van der Waals surface area contributed by atoms with Crippen molar-refractivity contribution in [2.75, 3.05) is 5.32 Å². The van der Waals surface area contributed by atoms with Gasteiger partial charge in [-0.05, 0) is 49.4 Å². The summed E-state index contributed by atoms with van der Waals surface area (Å²) in [5.74, 6) is 1.23. The summed E-state index contributed by atoms with van der Waals surface area (Å²) in [6, 6.07) is 13.0. The Bertz CT molecular complexity index is 1150.